The first kappa shape index (κ1) is 37.5. The lowest BCUT2D eigenvalue weighted by Crippen LogP contribution is -2.58. The number of halogens is 4. The van der Waals surface area contributed by atoms with Gasteiger partial charge in [0.2, 0.25) is 5.91 Å². The van der Waals surface area contributed by atoms with Crippen LogP contribution >= 0.6 is 0 Å². The first-order valence-corrected chi connectivity index (χ1v) is 15.4. The fourth-order valence-electron chi connectivity index (χ4n) is 5.99. The molecule has 13 heteroatoms. The van der Waals surface area contributed by atoms with E-state index in [1.165, 1.54) is 26.2 Å². The Labute approximate surface area is 273 Å². The smallest absolute Gasteiger partial charge is 0.401 e. The number of hydrogen-bond donors (Lipinski definition) is 0. The summed E-state index contributed by atoms with van der Waals surface area (Å²) < 4.78 is 61.1. The highest BCUT2D eigenvalue weighted by atomic mass is 19.4. The van der Waals surface area contributed by atoms with Gasteiger partial charge in [-0.3, -0.25) is 9.36 Å². The molecule has 258 valence electrons. The van der Waals surface area contributed by atoms with E-state index in [4.69, 9.17) is 4.74 Å². The van der Waals surface area contributed by atoms with Gasteiger partial charge in [0.05, 0.1) is 18.6 Å². The topological polar surface area (TPSA) is 80.1 Å². The van der Waals surface area contributed by atoms with Gasteiger partial charge in [0, 0.05) is 55.9 Å². The summed E-state index contributed by atoms with van der Waals surface area (Å²) in [5, 5.41) is 0.794. The molecule has 2 aliphatic rings. The number of amides is 1. The third kappa shape index (κ3) is 8.50. The molecule has 0 aliphatic carbocycles. The number of aromatic nitrogens is 2. The Bertz CT molecular complexity index is 1640. The minimum absolute atomic E-state index is 0.0680. The lowest BCUT2D eigenvalue weighted by molar-refractivity contribution is -0.140. The third-order valence-electron chi connectivity index (χ3n) is 7.90. The maximum absolute atomic E-state index is 15.2. The molecule has 0 N–H and O–H groups in total. The Hall–Kier alpha value is -3.97. The van der Waals surface area contributed by atoms with Crippen molar-refractivity contribution >= 4 is 22.6 Å². The van der Waals surface area contributed by atoms with E-state index in [1.807, 2.05) is 39.8 Å². The second kappa shape index (κ2) is 15.7. The number of methoxy groups -OCH3 is 1. The van der Waals surface area contributed by atoms with E-state index in [1.54, 1.807) is 29.8 Å². The van der Waals surface area contributed by atoms with Crippen LogP contribution in [0, 0.1) is 12.7 Å². The van der Waals surface area contributed by atoms with Crippen molar-refractivity contribution in [3.05, 3.63) is 64.3 Å². The molecule has 1 saturated heterocycles. The lowest BCUT2D eigenvalue weighted by Gasteiger charge is -2.44. The van der Waals surface area contributed by atoms with Crippen molar-refractivity contribution in [2.45, 2.75) is 58.9 Å². The highest BCUT2D eigenvalue weighted by Crippen LogP contribution is 2.45. The van der Waals surface area contributed by atoms with Crippen molar-refractivity contribution in [3.8, 4) is 16.9 Å². The number of rotatable bonds is 5. The molecular formula is C34H45F4N5O4. The fourth-order valence-corrected chi connectivity index (χ4v) is 5.99. The summed E-state index contributed by atoms with van der Waals surface area (Å²) in [5.41, 5.74) is 3.24. The van der Waals surface area contributed by atoms with Crippen LogP contribution in [0.5, 0.6) is 5.75 Å². The average molecular weight is 664 g/mol. The lowest BCUT2D eigenvalue weighted by atomic mass is 9.91. The molecule has 2 aromatic carbocycles. The Kier molecular flexibility index (Phi) is 12.6. The Balaban J connectivity index is 0.000000473. The van der Waals surface area contributed by atoms with Gasteiger partial charge in [-0.2, -0.15) is 18.2 Å². The second-order valence-electron chi connectivity index (χ2n) is 11.9. The minimum Gasteiger partial charge on any atom is -0.489 e. The van der Waals surface area contributed by atoms with Crippen LogP contribution in [0.2, 0.25) is 0 Å². The van der Waals surface area contributed by atoms with E-state index >= 15 is 4.39 Å². The largest absolute Gasteiger partial charge is 0.489 e. The number of nitrogens with zero attached hydrogens (tertiary/aromatic N) is 5. The molecule has 0 saturated carbocycles. The SMILES string of the molecule is C=CC(=O)N1CC(C)N(c2nc(=O)n3c4c(c(-c5c(F)cccc5CC)c(C)cc24)OCC3)C[C@H]1C.CN(C)CC(F)(F)F.COC. The summed E-state index contributed by atoms with van der Waals surface area (Å²) in [5.74, 6) is 0.681. The Morgan fingerprint density at radius 3 is 2.38 bits per heavy atom. The molecule has 9 nitrogen and oxygen atoms in total. The molecule has 47 heavy (non-hydrogen) atoms. The van der Waals surface area contributed by atoms with Crippen LogP contribution in [-0.2, 0) is 22.5 Å². The van der Waals surface area contributed by atoms with Gasteiger partial charge >= 0.3 is 11.9 Å². The molecule has 3 aromatic rings. The number of aryl methyl sites for hydroxylation is 2. The number of carbonyl (C=O) groups excluding carboxylic acids is 1. The minimum atomic E-state index is -4.05. The van der Waals surface area contributed by atoms with Gasteiger partial charge in [-0.1, -0.05) is 25.6 Å². The number of piperazine rings is 1. The Morgan fingerprint density at radius 2 is 1.83 bits per heavy atom. The van der Waals surface area contributed by atoms with Gasteiger partial charge in [-0.05, 0) is 70.6 Å². The summed E-state index contributed by atoms with van der Waals surface area (Å²) >= 11 is 0. The number of alkyl halides is 3. The van der Waals surface area contributed by atoms with Crippen LogP contribution in [0.3, 0.4) is 0 Å². The van der Waals surface area contributed by atoms with Crippen LogP contribution in [0.4, 0.5) is 23.4 Å². The molecule has 2 aliphatic heterocycles. The number of hydrogen-bond acceptors (Lipinski definition) is 7. The van der Waals surface area contributed by atoms with Crippen LogP contribution in [-0.4, -0.2) is 98.1 Å². The maximum atomic E-state index is 15.2. The van der Waals surface area contributed by atoms with Crippen LogP contribution in [0.1, 0.15) is 31.9 Å². The standard InChI is InChI=1S/C28H31FN4O3.C4H8F3N.C2H6O/c1-6-19-9-8-10-21(29)24(19)23-16(3)13-20-25-26(23)36-12-11-31(25)28(35)30-27(20)33-15-17(4)32(14-18(33)5)22(34)7-2;1-8(2)3-4(5,6)7;1-3-2/h7-10,13,17-18H,2,6,11-12,14-15H2,1,3-5H3;3H2,1-2H3;1-2H3/t17-,18?;;/m1../s1. The van der Waals surface area contributed by atoms with Crippen molar-refractivity contribution in [3.63, 3.8) is 0 Å². The van der Waals surface area contributed by atoms with Gasteiger partial charge in [0.25, 0.3) is 0 Å². The first-order chi connectivity index (χ1) is 22.1. The molecule has 2 atom stereocenters. The highest BCUT2D eigenvalue weighted by Gasteiger charge is 2.35. The van der Waals surface area contributed by atoms with Gasteiger partial charge < -0.3 is 24.2 Å². The van der Waals surface area contributed by atoms with Crippen LogP contribution in [0.25, 0.3) is 22.0 Å². The first-order valence-electron chi connectivity index (χ1n) is 15.4. The predicted molar refractivity (Wildman–Crippen MR) is 177 cm³/mol. The van der Waals surface area contributed by atoms with Crippen molar-refractivity contribution in [2.75, 3.05) is 59.5 Å². The zero-order chi connectivity index (χ0) is 35.2. The van der Waals surface area contributed by atoms with Crippen molar-refractivity contribution in [1.82, 2.24) is 19.4 Å². The number of ether oxygens (including phenoxy) is 2. The van der Waals surface area contributed by atoms with Crippen molar-refractivity contribution < 1.29 is 31.8 Å². The predicted octanol–water partition coefficient (Wildman–Crippen LogP) is 5.45. The molecule has 5 rings (SSSR count). The quantitative estimate of drug-likeness (QED) is 0.266. The van der Waals surface area contributed by atoms with E-state index in [9.17, 15) is 22.8 Å². The van der Waals surface area contributed by atoms with E-state index in [-0.39, 0.29) is 29.5 Å². The summed E-state index contributed by atoms with van der Waals surface area (Å²) in [4.78, 5) is 35.1. The summed E-state index contributed by atoms with van der Waals surface area (Å²) in [6.07, 6.45) is -2.05. The molecule has 1 unspecified atom stereocenters. The fraction of sp³-hybridized carbons (Fsp3) is 0.500. The van der Waals surface area contributed by atoms with Gasteiger partial charge in [-0.25, -0.2) is 9.18 Å². The molecule has 1 aromatic heterocycles. The molecular weight excluding hydrogens is 618 g/mol. The zero-order valence-corrected chi connectivity index (χ0v) is 28.4. The molecule has 0 bridgehead atoms. The molecule has 1 fully saturated rings. The van der Waals surface area contributed by atoms with Crippen LogP contribution < -0.4 is 15.3 Å². The van der Waals surface area contributed by atoms with Crippen molar-refractivity contribution in [1.29, 1.82) is 0 Å². The average Bonchev–Trinajstić information content (AvgIpc) is 2.99. The number of anilines is 1. The normalized spacial score (nSPS) is 17.4. The third-order valence-corrected chi connectivity index (χ3v) is 7.90. The zero-order valence-electron chi connectivity index (χ0n) is 28.4. The molecule has 0 radical (unpaired) electrons. The Morgan fingerprint density at radius 1 is 1.17 bits per heavy atom. The highest BCUT2D eigenvalue weighted by molar-refractivity contribution is 6.01. The van der Waals surface area contributed by atoms with E-state index < -0.39 is 12.7 Å². The van der Waals surface area contributed by atoms with Gasteiger partial charge in [0.15, 0.2) is 5.75 Å². The number of benzene rings is 2. The van der Waals surface area contributed by atoms with E-state index in [0.717, 1.165) is 21.4 Å². The van der Waals surface area contributed by atoms with E-state index in [2.05, 4.69) is 21.2 Å². The van der Waals surface area contributed by atoms with Crippen molar-refractivity contribution in [2.24, 2.45) is 0 Å². The van der Waals surface area contributed by atoms with Gasteiger partial charge in [0.1, 0.15) is 18.2 Å². The maximum Gasteiger partial charge on any atom is 0.401 e. The monoisotopic (exact) mass is 663 g/mol. The van der Waals surface area contributed by atoms with Crippen LogP contribution in [0.15, 0.2) is 41.7 Å². The molecule has 1 amide bonds. The molecule has 0 spiro atoms. The summed E-state index contributed by atoms with van der Waals surface area (Å²) in [6, 6.07) is 6.95. The summed E-state index contributed by atoms with van der Waals surface area (Å²) in [6.45, 7) is 12.4. The second-order valence-corrected chi connectivity index (χ2v) is 11.9. The van der Waals surface area contributed by atoms with E-state index in [0.29, 0.717) is 60.9 Å². The van der Waals surface area contributed by atoms with Gasteiger partial charge in [-0.15, -0.1) is 0 Å². The summed E-state index contributed by atoms with van der Waals surface area (Å²) in [7, 11) is 6.01. The number of carbonyl (C=O) groups is 1. The molecule has 3 heterocycles.